The highest BCUT2D eigenvalue weighted by atomic mass is 16.5. The first-order chi connectivity index (χ1) is 11.7. The number of esters is 1. The van der Waals surface area contributed by atoms with Gasteiger partial charge in [0.05, 0.1) is 0 Å². The van der Waals surface area contributed by atoms with Gasteiger partial charge in [-0.1, -0.05) is 39.3 Å². The smallest absolute Gasteiger partial charge is 0.302 e. The molecule has 0 aromatic carbocycles. The zero-order valence-corrected chi connectivity index (χ0v) is 16.3. The molecule has 1 N–H and O–H groups in total. The number of rotatable bonds is 2. The average Bonchev–Trinajstić information content (AvgIpc) is 2.71. The molecular formula is C22H34O3. The lowest BCUT2D eigenvalue weighted by molar-refractivity contribution is -0.207. The van der Waals surface area contributed by atoms with Crippen LogP contribution >= 0.6 is 0 Å². The van der Waals surface area contributed by atoms with Crippen molar-refractivity contribution in [2.45, 2.75) is 78.7 Å². The standard InChI is InChI=1S/C22H34O3/c1-15(24)25-18-19(2)10-6-17-21(4)9-5-8-20(3,14-23)16(21)7-11-22(17,18)13-12-19/h12-13,16-18,23H,5-11,14H2,1-4H3. The number of hydrogen-bond donors (Lipinski definition) is 1. The molecule has 3 saturated carbocycles. The highest BCUT2D eigenvalue weighted by Crippen LogP contribution is 2.72. The molecule has 140 valence electrons. The highest BCUT2D eigenvalue weighted by Gasteiger charge is 2.68. The van der Waals surface area contributed by atoms with Gasteiger partial charge < -0.3 is 9.84 Å². The molecule has 0 amide bonds. The molecule has 2 bridgehead atoms. The van der Waals surface area contributed by atoms with E-state index in [9.17, 15) is 9.90 Å². The molecule has 7 atom stereocenters. The normalized spacial score (nSPS) is 53.9. The SMILES string of the molecule is CC(=O)OC1C2(C)C=CC13CCC1C(C)(CO)CCCC1(C)C3CC2. The topological polar surface area (TPSA) is 46.5 Å². The van der Waals surface area contributed by atoms with E-state index in [1.165, 1.54) is 19.3 Å². The van der Waals surface area contributed by atoms with Gasteiger partial charge in [0, 0.05) is 24.4 Å². The van der Waals surface area contributed by atoms with Crippen LogP contribution in [0.5, 0.6) is 0 Å². The van der Waals surface area contributed by atoms with Crippen LogP contribution in [0.2, 0.25) is 0 Å². The Morgan fingerprint density at radius 2 is 1.80 bits per heavy atom. The van der Waals surface area contributed by atoms with E-state index in [1.807, 2.05) is 0 Å². The van der Waals surface area contributed by atoms with Crippen LogP contribution in [0, 0.1) is 33.5 Å². The van der Waals surface area contributed by atoms with Crippen molar-refractivity contribution in [2.24, 2.45) is 33.5 Å². The Hall–Kier alpha value is -0.830. The van der Waals surface area contributed by atoms with Crippen LogP contribution in [0.3, 0.4) is 0 Å². The Balaban J connectivity index is 1.76. The second-order valence-corrected chi connectivity index (χ2v) is 10.3. The Morgan fingerprint density at radius 3 is 2.48 bits per heavy atom. The second-order valence-electron chi connectivity index (χ2n) is 10.3. The number of fused-ring (bicyclic) bond motifs is 3. The van der Waals surface area contributed by atoms with Gasteiger partial charge in [0.25, 0.3) is 0 Å². The van der Waals surface area contributed by atoms with Gasteiger partial charge in [-0.3, -0.25) is 4.79 Å². The van der Waals surface area contributed by atoms with E-state index in [0.717, 1.165) is 25.7 Å². The van der Waals surface area contributed by atoms with Crippen molar-refractivity contribution in [2.75, 3.05) is 6.61 Å². The van der Waals surface area contributed by atoms with Gasteiger partial charge in [0.1, 0.15) is 6.10 Å². The van der Waals surface area contributed by atoms with E-state index < -0.39 is 0 Å². The second kappa shape index (κ2) is 5.34. The van der Waals surface area contributed by atoms with E-state index in [0.29, 0.717) is 18.4 Å². The summed E-state index contributed by atoms with van der Waals surface area (Å²) in [5.41, 5.74) is 0.301. The minimum absolute atomic E-state index is 0.000313. The highest BCUT2D eigenvalue weighted by molar-refractivity contribution is 5.66. The first kappa shape index (κ1) is 17.6. The van der Waals surface area contributed by atoms with Gasteiger partial charge in [-0.2, -0.15) is 0 Å². The number of hydrogen-bond acceptors (Lipinski definition) is 3. The quantitative estimate of drug-likeness (QED) is 0.592. The summed E-state index contributed by atoms with van der Waals surface area (Å²) in [6.07, 6.45) is 12.9. The molecule has 3 nitrogen and oxygen atoms in total. The molecule has 7 unspecified atom stereocenters. The van der Waals surface area contributed by atoms with Crippen LogP contribution in [-0.4, -0.2) is 23.8 Å². The molecule has 25 heavy (non-hydrogen) atoms. The van der Waals surface area contributed by atoms with Crippen LogP contribution < -0.4 is 0 Å². The van der Waals surface area contributed by atoms with Crippen molar-refractivity contribution < 1.29 is 14.6 Å². The van der Waals surface area contributed by atoms with Gasteiger partial charge in [-0.05, 0) is 61.2 Å². The Labute approximate surface area is 152 Å². The number of aliphatic hydroxyl groups excluding tert-OH is 1. The lowest BCUT2D eigenvalue weighted by Gasteiger charge is -2.65. The summed E-state index contributed by atoms with van der Waals surface area (Å²) >= 11 is 0. The van der Waals surface area contributed by atoms with Gasteiger partial charge in [-0.15, -0.1) is 0 Å². The van der Waals surface area contributed by atoms with E-state index in [4.69, 9.17) is 4.74 Å². The Kier molecular flexibility index (Phi) is 3.76. The maximum absolute atomic E-state index is 11.9. The largest absolute Gasteiger partial charge is 0.461 e. The summed E-state index contributed by atoms with van der Waals surface area (Å²) in [6, 6.07) is 0. The summed E-state index contributed by atoms with van der Waals surface area (Å²) in [7, 11) is 0. The predicted molar refractivity (Wildman–Crippen MR) is 97.8 cm³/mol. The summed E-state index contributed by atoms with van der Waals surface area (Å²) < 4.78 is 5.99. The summed E-state index contributed by atoms with van der Waals surface area (Å²) in [5, 5.41) is 10.2. The maximum Gasteiger partial charge on any atom is 0.302 e. The Bertz CT molecular complexity index is 612. The van der Waals surface area contributed by atoms with Crippen molar-refractivity contribution in [3.63, 3.8) is 0 Å². The lowest BCUT2D eigenvalue weighted by Crippen LogP contribution is -2.62. The Morgan fingerprint density at radius 1 is 1.08 bits per heavy atom. The molecule has 3 heteroatoms. The summed E-state index contributed by atoms with van der Waals surface area (Å²) in [6.45, 7) is 8.91. The molecule has 0 aromatic rings. The predicted octanol–water partition coefficient (Wildman–Crippen LogP) is 4.49. The van der Waals surface area contributed by atoms with Crippen LogP contribution in [-0.2, 0) is 9.53 Å². The number of aliphatic hydroxyl groups is 1. The molecule has 0 radical (unpaired) electrons. The fraction of sp³-hybridized carbons (Fsp3) is 0.864. The fourth-order valence-electron chi connectivity index (χ4n) is 7.81. The minimum Gasteiger partial charge on any atom is -0.461 e. The van der Waals surface area contributed by atoms with Crippen LogP contribution in [0.1, 0.15) is 72.6 Å². The molecule has 4 rings (SSSR count). The molecule has 1 spiro atoms. The minimum atomic E-state index is -0.143. The maximum atomic E-state index is 11.9. The van der Waals surface area contributed by atoms with Crippen LogP contribution in [0.4, 0.5) is 0 Å². The van der Waals surface area contributed by atoms with Crippen molar-refractivity contribution in [3.8, 4) is 0 Å². The molecule has 0 saturated heterocycles. The van der Waals surface area contributed by atoms with E-state index in [-0.39, 0.29) is 33.7 Å². The van der Waals surface area contributed by atoms with Crippen molar-refractivity contribution in [1.29, 1.82) is 0 Å². The molecule has 0 aliphatic heterocycles. The third-order valence-electron chi connectivity index (χ3n) is 8.89. The summed E-state index contributed by atoms with van der Waals surface area (Å²) in [4.78, 5) is 11.9. The fourth-order valence-corrected chi connectivity index (χ4v) is 7.81. The third-order valence-corrected chi connectivity index (χ3v) is 8.89. The van der Waals surface area contributed by atoms with E-state index in [1.54, 1.807) is 6.92 Å². The van der Waals surface area contributed by atoms with Gasteiger partial charge in [-0.25, -0.2) is 0 Å². The summed E-state index contributed by atoms with van der Waals surface area (Å²) in [5.74, 6) is 0.989. The zero-order valence-electron chi connectivity index (χ0n) is 16.3. The number of carbonyl (C=O) groups is 1. The van der Waals surface area contributed by atoms with Gasteiger partial charge in [0.2, 0.25) is 0 Å². The van der Waals surface area contributed by atoms with Crippen molar-refractivity contribution in [1.82, 2.24) is 0 Å². The van der Waals surface area contributed by atoms with Gasteiger partial charge in [0.15, 0.2) is 0 Å². The third kappa shape index (κ3) is 2.17. The zero-order chi connectivity index (χ0) is 18.1. The van der Waals surface area contributed by atoms with Crippen molar-refractivity contribution in [3.05, 3.63) is 12.2 Å². The van der Waals surface area contributed by atoms with Crippen molar-refractivity contribution >= 4 is 5.97 Å². The monoisotopic (exact) mass is 346 g/mol. The molecule has 3 fully saturated rings. The molecule has 0 aromatic heterocycles. The molecular weight excluding hydrogens is 312 g/mol. The molecule has 4 aliphatic carbocycles. The first-order valence-corrected chi connectivity index (χ1v) is 10.2. The van der Waals surface area contributed by atoms with Gasteiger partial charge >= 0.3 is 5.97 Å². The number of ether oxygens (including phenoxy) is 1. The number of carbonyl (C=O) groups excluding carboxylic acids is 1. The van der Waals surface area contributed by atoms with E-state index in [2.05, 4.69) is 32.9 Å². The van der Waals surface area contributed by atoms with Crippen LogP contribution in [0.25, 0.3) is 0 Å². The molecule has 4 aliphatic rings. The average molecular weight is 347 g/mol. The van der Waals surface area contributed by atoms with Crippen LogP contribution in [0.15, 0.2) is 12.2 Å². The lowest BCUT2D eigenvalue weighted by atomic mass is 9.40. The molecule has 0 heterocycles. The first-order valence-electron chi connectivity index (χ1n) is 10.2. The van der Waals surface area contributed by atoms with E-state index >= 15 is 0 Å².